The summed E-state index contributed by atoms with van der Waals surface area (Å²) in [7, 11) is 0. The molecule has 0 aliphatic rings. The van der Waals surface area contributed by atoms with Gasteiger partial charge in [0.2, 0.25) is 0 Å². The van der Waals surface area contributed by atoms with Crippen LogP contribution < -0.4 is 11.3 Å². The number of hydrogen-bond acceptors (Lipinski definition) is 6. The Balaban J connectivity index is 1.92. The largest absolute Gasteiger partial charge is 0.398 e. The van der Waals surface area contributed by atoms with Crippen LogP contribution in [0.1, 0.15) is 4.88 Å². The first-order chi connectivity index (χ1) is 13.7. The van der Waals surface area contributed by atoms with Crippen LogP contribution in [0.2, 0.25) is 0 Å². The Morgan fingerprint density at radius 3 is 2.86 bits per heavy atom. The Morgan fingerprint density at radius 2 is 2.04 bits per heavy atom. The Morgan fingerprint density at radius 1 is 1.14 bits per heavy atom. The molecule has 3 heterocycles. The standard InChI is InChI=1S/C20H12N6OS/c21-7-10-4-5-16(28-10)13-6-12(11-2-1-3-15-14(11)8-25-26-15)18(22)17-19(13)23-9-24-20(17)27/h1-6,8-9H,22H2,(H,25,26)(H,23,24,27). The fourth-order valence-corrected chi connectivity index (χ4v) is 4.26. The molecule has 0 bridgehead atoms. The molecule has 7 nitrogen and oxygen atoms in total. The lowest BCUT2D eigenvalue weighted by Gasteiger charge is -2.13. The van der Waals surface area contributed by atoms with Crippen molar-refractivity contribution in [3.05, 3.63) is 64.2 Å². The lowest BCUT2D eigenvalue weighted by molar-refractivity contribution is 1.12. The van der Waals surface area contributed by atoms with Crippen molar-refractivity contribution in [1.82, 2.24) is 20.2 Å². The number of hydrogen-bond donors (Lipinski definition) is 3. The van der Waals surface area contributed by atoms with Gasteiger partial charge in [0.15, 0.2) is 0 Å². The Kier molecular flexibility index (Phi) is 3.50. The monoisotopic (exact) mass is 384 g/mol. The van der Waals surface area contributed by atoms with E-state index in [9.17, 15) is 10.1 Å². The number of H-pyrrole nitrogens is 2. The minimum absolute atomic E-state index is 0.304. The minimum atomic E-state index is -0.304. The second-order valence-electron chi connectivity index (χ2n) is 6.25. The molecule has 0 saturated carbocycles. The molecule has 3 aromatic heterocycles. The van der Waals surface area contributed by atoms with Gasteiger partial charge in [0.25, 0.3) is 5.56 Å². The quantitative estimate of drug-likeness (QED) is 0.401. The second-order valence-corrected chi connectivity index (χ2v) is 7.34. The number of nitrogens with two attached hydrogens (primary N) is 1. The summed E-state index contributed by atoms with van der Waals surface area (Å²) in [5.74, 6) is 0. The molecule has 0 atom stereocenters. The zero-order chi connectivity index (χ0) is 19.3. The van der Waals surface area contributed by atoms with E-state index in [0.717, 1.165) is 32.5 Å². The highest BCUT2D eigenvalue weighted by atomic mass is 32.1. The second kappa shape index (κ2) is 6.04. The predicted molar refractivity (Wildman–Crippen MR) is 110 cm³/mol. The Hall–Kier alpha value is -3.96. The van der Waals surface area contributed by atoms with Crippen LogP contribution in [0.5, 0.6) is 0 Å². The van der Waals surface area contributed by atoms with Crippen molar-refractivity contribution in [2.45, 2.75) is 0 Å². The lowest BCUT2D eigenvalue weighted by Crippen LogP contribution is -2.10. The van der Waals surface area contributed by atoms with Crippen LogP contribution in [-0.4, -0.2) is 20.2 Å². The van der Waals surface area contributed by atoms with Crippen molar-refractivity contribution in [3.63, 3.8) is 0 Å². The van der Waals surface area contributed by atoms with E-state index in [2.05, 4.69) is 26.2 Å². The van der Waals surface area contributed by atoms with Crippen molar-refractivity contribution in [1.29, 1.82) is 5.26 Å². The number of anilines is 1. The highest BCUT2D eigenvalue weighted by molar-refractivity contribution is 7.16. The SMILES string of the molecule is N#Cc1ccc(-c2cc(-c3cccc4[nH]ncc34)c(N)c3c(=O)[nH]cnc23)s1. The lowest BCUT2D eigenvalue weighted by atomic mass is 9.95. The zero-order valence-electron chi connectivity index (χ0n) is 14.4. The summed E-state index contributed by atoms with van der Waals surface area (Å²) >= 11 is 1.35. The van der Waals surface area contributed by atoms with Gasteiger partial charge < -0.3 is 10.7 Å². The highest BCUT2D eigenvalue weighted by Crippen LogP contribution is 2.41. The first-order valence-electron chi connectivity index (χ1n) is 8.40. The summed E-state index contributed by atoms with van der Waals surface area (Å²) in [6, 6.07) is 13.5. The fourth-order valence-electron chi connectivity index (χ4n) is 3.44. The molecule has 8 heteroatoms. The molecule has 5 rings (SSSR count). The van der Waals surface area contributed by atoms with E-state index in [1.54, 1.807) is 12.3 Å². The fraction of sp³-hybridized carbons (Fsp3) is 0. The van der Waals surface area contributed by atoms with E-state index in [1.165, 1.54) is 17.7 Å². The maximum absolute atomic E-state index is 12.6. The van der Waals surface area contributed by atoms with E-state index in [1.807, 2.05) is 30.3 Å². The summed E-state index contributed by atoms with van der Waals surface area (Å²) in [4.78, 5) is 21.0. The summed E-state index contributed by atoms with van der Waals surface area (Å²) in [6.07, 6.45) is 3.10. The van der Waals surface area contributed by atoms with Gasteiger partial charge in [-0.3, -0.25) is 9.89 Å². The van der Waals surface area contributed by atoms with Gasteiger partial charge in [-0.05, 0) is 29.8 Å². The van der Waals surface area contributed by atoms with E-state index >= 15 is 0 Å². The minimum Gasteiger partial charge on any atom is -0.398 e. The topological polar surface area (TPSA) is 124 Å². The molecule has 0 aliphatic heterocycles. The Bertz CT molecular complexity index is 1470. The molecular weight excluding hydrogens is 372 g/mol. The number of nitrogen functional groups attached to an aromatic ring is 1. The van der Waals surface area contributed by atoms with E-state index in [-0.39, 0.29) is 5.56 Å². The van der Waals surface area contributed by atoms with Gasteiger partial charge >= 0.3 is 0 Å². The molecule has 0 aliphatic carbocycles. The van der Waals surface area contributed by atoms with Crippen LogP contribution in [0.4, 0.5) is 5.69 Å². The van der Waals surface area contributed by atoms with Crippen LogP contribution >= 0.6 is 11.3 Å². The van der Waals surface area contributed by atoms with Crippen molar-refractivity contribution in [2.75, 3.05) is 5.73 Å². The highest BCUT2D eigenvalue weighted by Gasteiger charge is 2.19. The molecular formula is C20H12N6OS. The van der Waals surface area contributed by atoms with Gasteiger partial charge in [-0.2, -0.15) is 10.4 Å². The number of nitriles is 1. The van der Waals surface area contributed by atoms with Gasteiger partial charge in [0, 0.05) is 21.4 Å². The third-order valence-corrected chi connectivity index (χ3v) is 5.74. The zero-order valence-corrected chi connectivity index (χ0v) is 15.2. The number of aromatic nitrogens is 4. The maximum atomic E-state index is 12.6. The molecule has 0 radical (unpaired) electrons. The molecule has 2 aromatic carbocycles. The smallest absolute Gasteiger partial charge is 0.260 e. The molecule has 0 saturated heterocycles. The number of nitrogens with one attached hydrogen (secondary N) is 2. The number of benzene rings is 2. The van der Waals surface area contributed by atoms with Gasteiger partial charge in [-0.15, -0.1) is 11.3 Å². The van der Waals surface area contributed by atoms with Crippen molar-refractivity contribution in [2.24, 2.45) is 0 Å². The van der Waals surface area contributed by atoms with Crippen LogP contribution in [0.25, 0.3) is 43.4 Å². The maximum Gasteiger partial charge on any atom is 0.260 e. The molecule has 134 valence electrons. The molecule has 4 N–H and O–H groups in total. The third-order valence-electron chi connectivity index (χ3n) is 4.71. The van der Waals surface area contributed by atoms with E-state index in [4.69, 9.17) is 5.73 Å². The van der Waals surface area contributed by atoms with Crippen LogP contribution in [-0.2, 0) is 0 Å². The first kappa shape index (κ1) is 16.2. The van der Waals surface area contributed by atoms with Crippen LogP contribution in [0.3, 0.4) is 0 Å². The molecule has 0 spiro atoms. The normalized spacial score (nSPS) is 11.1. The van der Waals surface area contributed by atoms with Gasteiger partial charge in [0.05, 0.1) is 34.6 Å². The Labute approximate surface area is 162 Å². The average molecular weight is 384 g/mol. The van der Waals surface area contributed by atoms with E-state index in [0.29, 0.717) is 21.5 Å². The van der Waals surface area contributed by atoms with Gasteiger partial charge in [-0.1, -0.05) is 12.1 Å². The van der Waals surface area contributed by atoms with E-state index < -0.39 is 0 Å². The number of fused-ring (bicyclic) bond motifs is 2. The number of thiophene rings is 1. The summed E-state index contributed by atoms with van der Waals surface area (Å²) in [6.45, 7) is 0. The third kappa shape index (κ3) is 2.31. The van der Waals surface area contributed by atoms with Gasteiger partial charge in [-0.25, -0.2) is 4.98 Å². The summed E-state index contributed by atoms with van der Waals surface area (Å²) in [5, 5.41) is 17.5. The molecule has 28 heavy (non-hydrogen) atoms. The van der Waals surface area contributed by atoms with Crippen LogP contribution in [0.15, 0.2) is 53.7 Å². The molecule has 0 amide bonds. The first-order valence-corrected chi connectivity index (χ1v) is 9.21. The molecule has 5 aromatic rings. The number of aromatic amines is 2. The van der Waals surface area contributed by atoms with Crippen molar-refractivity contribution >= 4 is 38.8 Å². The van der Waals surface area contributed by atoms with Crippen LogP contribution in [0, 0.1) is 11.3 Å². The average Bonchev–Trinajstić information content (AvgIpc) is 3.37. The summed E-state index contributed by atoms with van der Waals surface area (Å²) in [5.41, 5.74) is 10.2. The number of nitrogens with zero attached hydrogens (tertiary/aromatic N) is 3. The molecule has 0 fully saturated rings. The predicted octanol–water partition coefficient (Wildman–Crippen LogP) is 3.65. The molecule has 0 unspecified atom stereocenters. The van der Waals surface area contributed by atoms with Crippen molar-refractivity contribution < 1.29 is 0 Å². The summed E-state index contributed by atoms with van der Waals surface area (Å²) < 4.78 is 0. The van der Waals surface area contributed by atoms with Gasteiger partial charge in [0.1, 0.15) is 10.9 Å². The number of rotatable bonds is 2. The van der Waals surface area contributed by atoms with Crippen molar-refractivity contribution in [3.8, 4) is 27.6 Å².